The molecule has 6 nitrogen and oxygen atoms in total. The third-order valence-corrected chi connectivity index (χ3v) is 9.77. The van der Waals surface area contributed by atoms with Crippen molar-refractivity contribution < 1.29 is 23.9 Å². The predicted octanol–water partition coefficient (Wildman–Crippen LogP) is 2.88. The smallest absolute Gasteiger partial charge is 0.327 e. The second-order valence-electron chi connectivity index (χ2n) is 8.87. The lowest BCUT2D eigenvalue weighted by molar-refractivity contribution is -0.142. The maximum atomic E-state index is 13.4. The van der Waals surface area contributed by atoms with Crippen LogP contribution in [0.5, 0.6) is 0 Å². The average Bonchev–Trinajstić information content (AvgIpc) is 2.58. The monoisotopic (exact) mass is 434 g/mol. The van der Waals surface area contributed by atoms with Crippen LogP contribution in [0.4, 0.5) is 4.39 Å². The molecule has 0 aromatic heterocycles. The van der Waals surface area contributed by atoms with E-state index < -0.39 is 43.8 Å². The van der Waals surface area contributed by atoms with Crippen LogP contribution in [-0.2, 0) is 20.8 Å². The summed E-state index contributed by atoms with van der Waals surface area (Å²) in [6.45, 7) is 11.8. The predicted molar refractivity (Wildman–Crippen MR) is 117 cm³/mol. The van der Waals surface area contributed by atoms with Crippen molar-refractivity contribution in [2.45, 2.75) is 70.8 Å². The van der Waals surface area contributed by atoms with Gasteiger partial charge in [-0.15, -0.1) is 11.5 Å². The second kappa shape index (κ2) is 10.4. The first-order valence-electron chi connectivity index (χ1n) is 9.77. The molecule has 0 saturated heterocycles. The van der Waals surface area contributed by atoms with Crippen LogP contribution >= 0.6 is 0 Å². The Kier molecular flexibility index (Phi) is 8.79. The lowest BCUT2D eigenvalue weighted by Gasteiger charge is -2.31. The fraction of sp³-hybridized carbons (Fsp3) is 0.500. The molecule has 164 valence electrons. The maximum Gasteiger partial charge on any atom is 0.327 e. The summed E-state index contributed by atoms with van der Waals surface area (Å²) >= 11 is 0. The number of halogens is 1. The minimum absolute atomic E-state index is 0.0312. The van der Waals surface area contributed by atoms with Crippen molar-refractivity contribution in [3.8, 4) is 11.5 Å². The van der Waals surface area contributed by atoms with E-state index in [1.807, 2.05) is 0 Å². The zero-order valence-electron chi connectivity index (χ0n) is 18.4. The van der Waals surface area contributed by atoms with E-state index >= 15 is 0 Å². The third kappa shape index (κ3) is 7.99. The molecule has 1 aromatic rings. The topological polar surface area (TPSA) is 95.5 Å². The number of rotatable bonds is 7. The van der Waals surface area contributed by atoms with Crippen LogP contribution in [0.2, 0.25) is 18.1 Å². The number of hydrogen-bond donors (Lipinski definition) is 3. The maximum absolute atomic E-state index is 13.4. The summed E-state index contributed by atoms with van der Waals surface area (Å²) in [6.07, 6.45) is -0.00843. The number of carbonyl (C=O) groups excluding carboxylic acids is 2. The number of hydrogen-bond acceptors (Lipinski definition) is 3. The molecule has 0 heterocycles. The summed E-state index contributed by atoms with van der Waals surface area (Å²) < 4.78 is 13.4. The van der Waals surface area contributed by atoms with Gasteiger partial charge in [0.1, 0.15) is 26.0 Å². The van der Waals surface area contributed by atoms with Crippen LogP contribution in [0.15, 0.2) is 24.3 Å². The number of benzene rings is 1. The Morgan fingerprint density at radius 3 is 2.30 bits per heavy atom. The van der Waals surface area contributed by atoms with Gasteiger partial charge in [0.25, 0.3) is 0 Å². The Labute approximate surface area is 178 Å². The van der Waals surface area contributed by atoms with E-state index in [1.54, 1.807) is 6.07 Å². The fourth-order valence-electron chi connectivity index (χ4n) is 2.39. The van der Waals surface area contributed by atoms with Gasteiger partial charge in [-0.3, -0.25) is 9.59 Å². The quantitative estimate of drug-likeness (QED) is 0.454. The highest BCUT2D eigenvalue weighted by Gasteiger charge is 2.34. The van der Waals surface area contributed by atoms with Gasteiger partial charge in [-0.2, -0.15) is 0 Å². The molecule has 1 rings (SSSR count). The molecule has 3 N–H and O–H groups in total. The van der Waals surface area contributed by atoms with Gasteiger partial charge in [-0.25, -0.2) is 9.18 Å². The lowest BCUT2D eigenvalue weighted by atomic mass is 10.0. The van der Waals surface area contributed by atoms with Crippen LogP contribution in [0.25, 0.3) is 0 Å². The molecule has 1 aromatic carbocycles. The molecule has 8 heteroatoms. The summed E-state index contributed by atoms with van der Waals surface area (Å²) in [5, 5.41) is 14.5. The second-order valence-corrected chi connectivity index (χ2v) is 13.9. The molecule has 0 aliphatic heterocycles. The Morgan fingerprint density at radius 1 is 1.17 bits per heavy atom. The van der Waals surface area contributed by atoms with E-state index in [9.17, 15) is 23.9 Å². The Hall–Kier alpha value is -2.66. The molecule has 30 heavy (non-hydrogen) atoms. The molecule has 0 aliphatic rings. The van der Waals surface area contributed by atoms with E-state index in [0.717, 1.165) is 0 Å². The van der Waals surface area contributed by atoms with Gasteiger partial charge in [0.2, 0.25) is 11.8 Å². The van der Waals surface area contributed by atoms with Crippen molar-refractivity contribution in [1.29, 1.82) is 0 Å². The molecule has 2 atom stereocenters. The molecule has 0 fully saturated rings. The van der Waals surface area contributed by atoms with E-state index in [0.29, 0.717) is 5.56 Å². The van der Waals surface area contributed by atoms with Gasteiger partial charge in [0, 0.05) is 19.8 Å². The van der Waals surface area contributed by atoms with Crippen molar-refractivity contribution in [3.05, 3.63) is 35.6 Å². The van der Waals surface area contributed by atoms with Gasteiger partial charge in [-0.1, -0.05) is 46.0 Å². The highest BCUT2D eigenvalue weighted by atomic mass is 28.3. The van der Waals surface area contributed by atoms with Crippen molar-refractivity contribution in [2.75, 3.05) is 0 Å². The molecule has 0 radical (unpaired) electrons. The van der Waals surface area contributed by atoms with Gasteiger partial charge < -0.3 is 15.7 Å². The highest BCUT2D eigenvalue weighted by molar-refractivity contribution is 6.87. The number of nitrogens with one attached hydrogen (secondary N) is 2. The first-order chi connectivity index (χ1) is 13.7. The summed E-state index contributed by atoms with van der Waals surface area (Å²) in [6, 6.07) is 3.44. The van der Waals surface area contributed by atoms with Gasteiger partial charge in [0.15, 0.2) is 0 Å². The van der Waals surface area contributed by atoms with E-state index in [2.05, 4.69) is 56.0 Å². The number of amides is 2. The first kappa shape index (κ1) is 25.4. The zero-order valence-corrected chi connectivity index (χ0v) is 19.4. The molecular formula is C22H31FN2O4Si. The van der Waals surface area contributed by atoms with E-state index in [1.165, 1.54) is 25.1 Å². The number of carboxylic acids is 1. The Morgan fingerprint density at radius 2 is 1.80 bits per heavy atom. The SMILES string of the molecule is CC(=O)N[C@@H](Cc1cccc(F)c1)C(=O)N[C@H](CC#C[Si](C)(C)C(C)(C)C)C(=O)O. The summed E-state index contributed by atoms with van der Waals surface area (Å²) in [4.78, 5) is 35.8. The summed E-state index contributed by atoms with van der Waals surface area (Å²) in [5.74, 6) is 0.163. The largest absolute Gasteiger partial charge is 0.480 e. The standard InChI is InChI=1S/C22H31FN2O4Si/c1-15(26)24-19(14-16-9-7-10-17(23)13-16)20(27)25-18(21(28)29)11-8-12-30(5,6)22(2,3)4/h7,9-10,13,18-19H,11,14H2,1-6H3,(H,24,26)(H,25,27)(H,28,29)/t18-,19+/m1/s1. The zero-order chi connectivity index (χ0) is 23.1. The summed E-state index contributed by atoms with van der Waals surface area (Å²) in [7, 11) is -1.91. The third-order valence-electron chi connectivity index (χ3n) is 5.22. The minimum Gasteiger partial charge on any atom is -0.480 e. The van der Waals surface area contributed by atoms with Gasteiger partial charge in [-0.05, 0) is 22.7 Å². The van der Waals surface area contributed by atoms with Crippen molar-refractivity contribution in [2.24, 2.45) is 0 Å². The van der Waals surface area contributed by atoms with Crippen molar-refractivity contribution in [1.82, 2.24) is 10.6 Å². The van der Waals surface area contributed by atoms with Gasteiger partial charge >= 0.3 is 5.97 Å². The van der Waals surface area contributed by atoms with Gasteiger partial charge in [0.05, 0.1) is 0 Å². The average molecular weight is 435 g/mol. The van der Waals surface area contributed by atoms with Crippen molar-refractivity contribution >= 4 is 25.9 Å². The van der Waals surface area contributed by atoms with E-state index in [-0.39, 0.29) is 17.9 Å². The number of carbonyl (C=O) groups is 3. The Bertz CT molecular complexity index is 853. The normalized spacial score (nSPS) is 13.4. The molecule has 0 saturated carbocycles. The molecule has 0 bridgehead atoms. The van der Waals surface area contributed by atoms with Crippen molar-refractivity contribution in [3.63, 3.8) is 0 Å². The van der Waals surface area contributed by atoms with E-state index in [4.69, 9.17) is 0 Å². The molecule has 0 unspecified atom stereocenters. The van der Waals surface area contributed by atoms with Crippen LogP contribution < -0.4 is 10.6 Å². The lowest BCUT2D eigenvalue weighted by Crippen LogP contribution is -2.52. The molecule has 0 spiro atoms. The van der Waals surface area contributed by atoms with Crippen LogP contribution in [0.1, 0.15) is 39.7 Å². The highest BCUT2D eigenvalue weighted by Crippen LogP contribution is 2.35. The molecule has 2 amide bonds. The molecular weight excluding hydrogens is 403 g/mol. The minimum atomic E-state index is -1.91. The number of carboxylic acid groups (broad SMARTS) is 1. The summed E-state index contributed by atoms with van der Waals surface area (Å²) in [5.41, 5.74) is 3.74. The molecule has 0 aliphatic carbocycles. The fourth-order valence-corrected chi connectivity index (χ4v) is 3.31. The van der Waals surface area contributed by atoms with Crippen LogP contribution in [-0.4, -0.2) is 43.0 Å². The van der Waals surface area contributed by atoms with Crippen LogP contribution in [0.3, 0.4) is 0 Å². The Balaban J connectivity index is 2.95. The number of aliphatic carboxylic acids is 1. The first-order valence-corrected chi connectivity index (χ1v) is 12.8. The van der Waals surface area contributed by atoms with Crippen LogP contribution in [0, 0.1) is 17.3 Å².